The van der Waals surface area contributed by atoms with Crippen LogP contribution in [-0.4, -0.2) is 44.0 Å². The normalized spacial score (nSPS) is 24.6. The zero-order valence-electron chi connectivity index (χ0n) is 12.7. The molecule has 3 atom stereocenters. The number of benzene rings is 1. The first-order valence-corrected chi connectivity index (χ1v) is 7.77. The van der Waals surface area contributed by atoms with Crippen LogP contribution in [0.25, 0.3) is 0 Å². The monoisotopic (exact) mass is 306 g/mol. The molecule has 2 aliphatic rings. The Labute approximate surface area is 130 Å². The van der Waals surface area contributed by atoms with Crippen LogP contribution in [0, 0.1) is 0 Å². The van der Waals surface area contributed by atoms with E-state index in [2.05, 4.69) is 10.6 Å². The average Bonchev–Trinajstić information content (AvgIpc) is 3.07. The Kier molecular flexibility index (Phi) is 4.68. The van der Waals surface area contributed by atoms with Gasteiger partial charge in [-0.25, -0.2) is 4.79 Å². The van der Waals surface area contributed by atoms with Crippen molar-refractivity contribution in [3.8, 4) is 11.5 Å². The summed E-state index contributed by atoms with van der Waals surface area (Å²) in [6, 6.07) is 7.34. The van der Waals surface area contributed by atoms with Crippen LogP contribution in [0.4, 0.5) is 4.79 Å². The number of hydrogen-bond acceptors (Lipinski definition) is 4. The fourth-order valence-corrected chi connectivity index (χ4v) is 2.72. The van der Waals surface area contributed by atoms with Crippen LogP contribution in [0.5, 0.6) is 11.5 Å². The molecule has 120 valence electrons. The van der Waals surface area contributed by atoms with Crippen molar-refractivity contribution in [2.24, 2.45) is 0 Å². The second-order valence-electron chi connectivity index (χ2n) is 5.69. The van der Waals surface area contributed by atoms with Gasteiger partial charge in [-0.15, -0.1) is 0 Å². The molecule has 0 aliphatic carbocycles. The predicted octanol–water partition coefficient (Wildman–Crippen LogP) is 1.69. The highest BCUT2D eigenvalue weighted by molar-refractivity contribution is 5.74. The van der Waals surface area contributed by atoms with E-state index in [0.29, 0.717) is 18.9 Å². The summed E-state index contributed by atoms with van der Waals surface area (Å²) in [5.74, 6) is 1.46. The van der Waals surface area contributed by atoms with E-state index in [0.717, 1.165) is 25.2 Å². The maximum atomic E-state index is 11.9. The van der Waals surface area contributed by atoms with Gasteiger partial charge in [0.15, 0.2) is 17.6 Å². The van der Waals surface area contributed by atoms with E-state index in [4.69, 9.17) is 14.2 Å². The molecule has 0 radical (unpaired) electrons. The van der Waals surface area contributed by atoms with Gasteiger partial charge in [0, 0.05) is 6.61 Å². The van der Waals surface area contributed by atoms with Crippen molar-refractivity contribution >= 4 is 6.03 Å². The van der Waals surface area contributed by atoms with Crippen LogP contribution in [0.15, 0.2) is 24.3 Å². The standard InChI is InChI=1S/C16H22N2O4/c1-11(13-7-4-8-20-13)18-16(19)17-9-12-10-21-14-5-2-3-6-15(14)22-12/h2-3,5-6,11-13H,4,7-10H2,1H3,(H2,17,18,19). The minimum Gasteiger partial charge on any atom is -0.486 e. The number of fused-ring (bicyclic) bond motifs is 1. The van der Waals surface area contributed by atoms with Gasteiger partial charge in [0.1, 0.15) is 6.61 Å². The van der Waals surface area contributed by atoms with Crippen molar-refractivity contribution < 1.29 is 19.0 Å². The first-order chi connectivity index (χ1) is 10.7. The number of amides is 2. The molecule has 1 fully saturated rings. The van der Waals surface area contributed by atoms with Crippen LogP contribution in [0.3, 0.4) is 0 Å². The van der Waals surface area contributed by atoms with Crippen LogP contribution in [0.2, 0.25) is 0 Å². The molecule has 3 unspecified atom stereocenters. The van der Waals surface area contributed by atoms with Crippen molar-refractivity contribution in [3.05, 3.63) is 24.3 Å². The molecule has 0 aromatic heterocycles. The Morgan fingerprint density at radius 1 is 1.36 bits per heavy atom. The van der Waals surface area contributed by atoms with E-state index in [1.165, 1.54) is 0 Å². The number of ether oxygens (including phenoxy) is 3. The van der Waals surface area contributed by atoms with Gasteiger partial charge in [0.05, 0.1) is 18.7 Å². The molecule has 2 heterocycles. The number of para-hydroxylation sites is 2. The Balaban J connectivity index is 1.42. The minimum absolute atomic E-state index is 0.00625. The molecule has 0 spiro atoms. The highest BCUT2D eigenvalue weighted by atomic mass is 16.6. The van der Waals surface area contributed by atoms with E-state index < -0.39 is 0 Å². The molecule has 6 heteroatoms. The number of carbonyl (C=O) groups excluding carboxylic acids is 1. The van der Waals surface area contributed by atoms with Gasteiger partial charge in [0.25, 0.3) is 0 Å². The molecule has 1 aromatic rings. The molecule has 2 amide bonds. The topological polar surface area (TPSA) is 68.8 Å². The summed E-state index contributed by atoms with van der Waals surface area (Å²) in [7, 11) is 0. The fraction of sp³-hybridized carbons (Fsp3) is 0.562. The largest absolute Gasteiger partial charge is 0.486 e. The van der Waals surface area contributed by atoms with Gasteiger partial charge in [-0.1, -0.05) is 12.1 Å². The minimum atomic E-state index is -0.203. The fourth-order valence-electron chi connectivity index (χ4n) is 2.72. The number of urea groups is 1. The molecular weight excluding hydrogens is 284 g/mol. The second-order valence-corrected chi connectivity index (χ2v) is 5.69. The molecule has 22 heavy (non-hydrogen) atoms. The van der Waals surface area contributed by atoms with E-state index in [9.17, 15) is 4.79 Å². The van der Waals surface area contributed by atoms with Crippen molar-refractivity contribution in [1.82, 2.24) is 10.6 Å². The molecule has 2 N–H and O–H groups in total. The summed E-state index contributed by atoms with van der Waals surface area (Å²) in [5, 5.41) is 5.74. The van der Waals surface area contributed by atoms with E-state index in [1.807, 2.05) is 31.2 Å². The first kappa shape index (κ1) is 15.0. The van der Waals surface area contributed by atoms with Crippen molar-refractivity contribution in [3.63, 3.8) is 0 Å². The lowest BCUT2D eigenvalue weighted by Crippen LogP contribution is -2.49. The van der Waals surface area contributed by atoms with Crippen molar-refractivity contribution in [1.29, 1.82) is 0 Å². The molecule has 6 nitrogen and oxygen atoms in total. The maximum Gasteiger partial charge on any atom is 0.315 e. The number of hydrogen-bond donors (Lipinski definition) is 2. The summed E-state index contributed by atoms with van der Waals surface area (Å²) in [6.45, 7) is 3.58. The SMILES string of the molecule is CC(NC(=O)NCC1COc2ccccc2O1)C1CCCO1. The lowest BCUT2D eigenvalue weighted by atomic mass is 10.1. The van der Waals surface area contributed by atoms with Crippen LogP contribution in [-0.2, 0) is 4.74 Å². The smallest absolute Gasteiger partial charge is 0.315 e. The Morgan fingerprint density at radius 2 is 2.18 bits per heavy atom. The van der Waals surface area contributed by atoms with Crippen molar-refractivity contribution in [2.45, 2.75) is 38.0 Å². The summed E-state index contributed by atoms with van der Waals surface area (Å²) < 4.78 is 17.0. The maximum absolute atomic E-state index is 11.9. The van der Waals surface area contributed by atoms with Crippen molar-refractivity contribution in [2.75, 3.05) is 19.8 Å². The summed E-state index contributed by atoms with van der Waals surface area (Å²) >= 11 is 0. The molecular formula is C16H22N2O4. The Hall–Kier alpha value is -1.95. The lowest BCUT2D eigenvalue weighted by molar-refractivity contribution is 0.0829. The molecule has 0 saturated carbocycles. The van der Waals surface area contributed by atoms with Gasteiger partial charge in [-0.2, -0.15) is 0 Å². The third kappa shape index (κ3) is 3.62. The third-order valence-electron chi connectivity index (χ3n) is 3.94. The predicted molar refractivity (Wildman–Crippen MR) is 81.3 cm³/mol. The second kappa shape index (κ2) is 6.87. The number of rotatable bonds is 4. The Bertz CT molecular complexity index is 517. The van der Waals surface area contributed by atoms with E-state index in [-0.39, 0.29) is 24.3 Å². The van der Waals surface area contributed by atoms with Gasteiger partial charge < -0.3 is 24.8 Å². The molecule has 3 rings (SSSR count). The molecule has 1 aromatic carbocycles. The zero-order chi connectivity index (χ0) is 15.4. The summed E-state index contributed by atoms with van der Waals surface area (Å²) in [4.78, 5) is 11.9. The number of nitrogens with one attached hydrogen (secondary N) is 2. The van der Waals surface area contributed by atoms with E-state index in [1.54, 1.807) is 0 Å². The van der Waals surface area contributed by atoms with Crippen LogP contribution < -0.4 is 20.1 Å². The first-order valence-electron chi connectivity index (χ1n) is 7.77. The van der Waals surface area contributed by atoms with Crippen LogP contribution >= 0.6 is 0 Å². The zero-order valence-corrected chi connectivity index (χ0v) is 12.7. The highest BCUT2D eigenvalue weighted by Gasteiger charge is 2.25. The average molecular weight is 306 g/mol. The quantitative estimate of drug-likeness (QED) is 0.888. The Morgan fingerprint density at radius 3 is 2.95 bits per heavy atom. The number of carbonyl (C=O) groups is 1. The van der Waals surface area contributed by atoms with Crippen LogP contribution in [0.1, 0.15) is 19.8 Å². The lowest BCUT2D eigenvalue weighted by Gasteiger charge is -2.27. The third-order valence-corrected chi connectivity index (χ3v) is 3.94. The molecule has 0 bridgehead atoms. The van der Waals surface area contributed by atoms with Gasteiger partial charge in [-0.05, 0) is 31.9 Å². The van der Waals surface area contributed by atoms with Gasteiger partial charge >= 0.3 is 6.03 Å². The van der Waals surface area contributed by atoms with Gasteiger partial charge in [-0.3, -0.25) is 0 Å². The summed E-state index contributed by atoms with van der Waals surface area (Å²) in [5.41, 5.74) is 0. The highest BCUT2D eigenvalue weighted by Crippen LogP contribution is 2.30. The molecule has 2 aliphatic heterocycles. The summed E-state index contributed by atoms with van der Waals surface area (Å²) in [6.07, 6.45) is 1.99. The van der Waals surface area contributed by atoms with Gasteiger partial charge in [0.2, 0.25) is 0 Å². The van der Waals surface area contributed by atoms with E-state index >= 15 is 0 Å². The molecule has 1 saturated heterocycles.